The number of hydrogen-bond donors (Lipinski definition) is 0. The lowest BCUT2D eigenvalue weighted by Gasteiger charge is -2.34. The molecule has 2 aromatic rings. The molecule has 1 atom stereocenters. The highest BCUT2D eigenvalue weighted by Crippen LogP contribution is 2.32. The number of benzene rings is 2. The Bertz CT molecular complexity index is 772. The van der Waals surface area contributed by atoms with Gasteiger partial charge in [-0.15, -0.1) is 0 Å². The van der Waals surface area contributed by atoms with E-state index in [0.29, 0.717) is 6.54 Å². The van der Waals surface area contributed by atoms with E-state index in [0.717, 1.165) is 30.6 Å². The normalized spacial score (nSPS) is 20.4. The van der Waals surface area contributed by atoms with Crippen LogP contribution in [0.2, 0.25) is 0 Å². The van der Waals surface area contributed by atoms with Crippen molar-refractivity contribution in [2.75, 3.05) is 11.4 Å². The highest BCUT2D eigenvalue weighted by atomic mass is 16.2. The fourth-order valence-electron chi connectivity index (χ4n) is 3.73. The van der Waals surface area contributed by atoms with Gasteiger partial charge < -0.3 is 4.90 Å². The molecule has 0 radical (unpaired) electrons. The second-order valence-corrected chi connectivity index (χ2v) is 6.45. The van der Waals surface area contributed by atoms with Gasteiger partial charge in [0, 0.05) is 12.2 Å². The average Bonchev–Trinajstić information content (AvgIpc) is 2.90. The van der Waals surface area contributed by atoms with Crippen molar-refractivity contribution in [3.63, 3.8) is 0 Å². The smallest absolute Gasteiger partial charge is 0.252 e. The van der Waals surface area contributed by atoms with Crippen molar-refractivity contribution >= 4 is 17.5 Å². The van der Waals surface area contributed by atoms with E-state index in [1.165, 1.54) is 10.5 Å². The van der Waals surface area contributed by atoms with Crippen molar-refractivity contribution < 1.29 is 9.59 Å². The van der Waals surface area contributed by atoms with Crippen molar-refractivity contribution in [1.82, 2.24) is 4.90 Å². The average molecular weight is 320 g/mol. The Labute approximate surface area is 141 Å². The summed E-state index contributed by atoms with van der Waals surface area (Å²) in [5, 5.41) is 0. The standard InChI is InChI=1S/C20H20N2O2/c23-19-13-18(20(24)22(19)14-15-7-2-1-3-8-15)21-12-6-10-16-9-4-5-11-17(16)21/h1-5,7-9,11,18H,6,10,12-14H2. The molecule has 1 fully saturated rings. The first-order valence-electron chi connectivity index (χ1n) is 8.47. The largest absolute Gasteiger partial charge is 0.359 e. The molecule has 2 aliphatic heterocycles. The number of nitrogens with zero attached hydrogens (tertiary/aromatic N) is 2. The highest BCUT2D eigenvalue weighted by molar-refractivity contribution is 6.07. The SMILES string of the molecule is O=C1CC(N2CCCc3ccccc32)C(=O)N1Cc1ccccc1. The van der Waals surface area contributed by atoms with E-state index in [1.807, 2.05) is 42.5 Å². The zero-order chi connectivity index (χ0) is 16.5. The molecule has 0 saturated carbocycles. The van der Waals surface area contributed by atoms with E-state index < -0.39 is 0 Å². The summed E-state index contributed by atoms with van der Waals surface area (Å²) in [6, 6.07) is 17.5. The number of imide groups is 1. The summed E-state index contributed by atoms with van der Waals surface area (Å²) in [5.74, 6) is -0.141. The molecule has 0 N–H and O–H groups in total. The molecule has 4 nitrogen and oxygen atoms in total. The number of rotatable bonds is 3. The molecule has 2 heterocycles. The Kier molecular flexibility index (Phi) is 3.81. The van der Waals surface area contributed by atoms with Gasteiger partial charge in [0.25, 0.3) is 5.91 Å². The van der Waals surface area contributed by atoms with Gasteiger partial charge in [-0.05, 0) is 30.0 Å². The Morgan fingerprint density at radius 3 is 2.54 bits per heavy atom. The summed E-state index contributed by atoms with van der Waals surface area (Å²) in [6.07, 6.45) is 2.34. The monoisotopic (exact) mass is 320 g/mol. The summed E-state index contributed by atoms with van der Waals surface area (Å²) in [4.78, 5) is 28.9. The number of likely N-dealkylation sites (tertiary alicyclic amines) is 1. The first-order valence-corrected chi connectivity index (χ1v) is 8.47. The van der Waals surface area contributed by atoms with Crippen LogP contribution in [0.25, 0.3) is 0 Å². The van der Waals surface area contributed by atoms with Crippen LogP contribution in [-0.4, -0.2) is 29.3 Å². The lowest BCUT2D eigenvalue weighted by atomic mass is 9.99. The van der Waals surface area contributed by atoms with E-state index in [9.17, 15) is 9.59 Å². The molecule has 122 valence electrons. The van der Waals surface area contributed by atoms with Crippen LogP contribution in [0.3, 0.4) is 0 Å². The molecule has 2 amide bonds. The van der Waals surface area contributed by atoms with Gasteiger partial charge in [-0.3, -0.25) is 14.5 Å². The van der Waals surface area contributed by atoms with Crippen LogP contribution in [0, 0.1) is 0 Å². The number of carbonyl (C=O) groups is 2. The van der Waals surface area contributed by atoms with Gasteiger partial charge in [-0.2, -0.15) is 0 Å². The van der Waals surface area contributed by atoms with Crippen LogP contribution in [-0.2, 0) is 22.6 Å². The Morgan fingerprint density at radius 1 is 0.958 bits per heavy atom. The maximum atomic E-state index is 12.9. The molecule has 24 heavy (non-hydrogen) atoms. The van der Waals surface area contributed by atoms with Gasteiger partial charge in [0.15, 0.2) is 0 Å². The molecule has 1 saturated heterocycles. The zero-order valence-corrected chi connectivity index (χ0v) is 13.5. The van der Waals surface area contributed by atoms with E-state index >= 15 is 0 Å². The van der Waals surface area contributed by atoms with E-state index in [4.69, 9.17) is 0 Å². The number of para-hydroxylation sites is 1. The van der Waals surface area contributed by atoms with Gasteiger partial charge in [-0.25, -0.2) is 0 Å². The van der Waals surface area contributed by atoms with E-state index in [-0.39, 0.29) is 24.3 Å². The van der Waals surface area contributed by atoms with Crippen LogP contribution in [0.1, 0.15) is 24.0 Å². The topological polar surface area (TPSA) is 40.6 Å². The molecule has 0 bridgehead atoms. The number of amides is 2. The highest BCUT2D eigenvalue weighted by Gasteiger charge is 2.42. The number of aryl methyl sites for hydroxylation is 1. The van der Waals surface area contributed by atoms with Crippen LogP contribution < -0.4 is 4.90 Å². The third kappa shape index (κ3) is 2.58. The van der Waals surface area contributed by atoms with Gasteiger partial charge in [0.1, 0.15) is 6.04 Å². The van der Waals surface area contributed by atoms with Gasteiger partial charge >= 0.3 is 0 Å². The molecule has 2 aromatic carbocycles. The predicted octanol–water partition coefficient (Wildman–Crippen LogP) is 2.77. The summed E-state index contributed by atoms with van der Waals surface area (Å²) >= 11 is 0. The number of anilines is 1. The Hall–Kier alpha value is -2.62. The number of fused-ring (bicyclic) bond motifs is 1. The minimum absolute atomic E-state index is 0.0689. The predicted molar refractivity (Wildman–Crippen MR) is 92.5 cm³/mol. The van der Waals surface area contributed by atoms with Crippen molar-refractivity contribution in [1.29, 1.82) is 0 Å². The molecule has 0 aliphatic carbocycles. The van der Waals surface area contributed by atoms with Crippen molar-refractivity contribution in [3.05, 3.63) is 65.7 Å². The quantitative estimate of drug-likeness (QED) is 0.817. The molecule has 0 spiro atoms. The van der Waals surface area contributed by atoms with E-state index in [1.54, 1.807) is 0 Å². The molecule has 0 aromatic heterocycles. The second-order valence-electron chi connectivity index (χ2n) is 6.45. The Balaban J connectivity index is 1.58. The lowest BCUT2D eigenvalue weighted by molar-refractivity contribution is -0.139. The summed E-state index contributed by atoms with van der Waals surface area (Å²) < 4.78 is 0. The fourth-order valence-corrected chi connectivity index (χ4v) is 3.73. The van der Waals surface area contributed by atoms with Crippen LogP contribution >= 0.6 is 0 Å². The number of hydrogen-bond acceptors (Lipinski definition) is 3. The molecule has 1 unspecified atom stereocenters. The summed E-state index contributed by atoms with van der Waals surface area (Å²) in [7, 11) is 0. The summed E-state index contributed by atoms with van der Waals surface area (Å²) in [5.41, 5.74) is 3.36. The van der Waals surface area contributed by atoms with Crippen molar-refractivity contribution in [2.24, 2.45) is 0 Å². The van der Waals surface area contributed by atoms with Crippen LogP contribution in [0.15, 0.2) is 54.6 Å². The zero-order valence-electron chi connectivity index (χ0n) is 13.5. The van der Waals surface area contributed by atoms with Crippen LogP contribution in [0.4, 0.5) is 5.69 Å². The minimum Gasteiger partial charge on any atom is -0.359 e. The Morgan fingerprint density at radius 2 is 1.71 bits per heavy atom. The molecule has 4 rings (SSSR count). The summed E-state index contributed by atoms with van der Waals surface area (Å²) in [6.45, 7) is 1.20. The third-order valence-corrected chi connectivity index (χ3v) is 4.93. The molecular weight excluding hydrogens is 300 g/mol. The second kappa shape index (κ2) is 6.11. The fraction of sp³-hybridized carbons (Fsp3) is 0.300. The molecule has 2 aliphatic rings. The molecular formula is C20H20N2O2. The third-order valence-electron chi connectivity index (χ3n) is 4.93. The van der Waals surface area contributed by atoms with Crippen molar-refractivity contribution in [3.8, 4) is 0 Å². The first-order chi connectivity index (χ1) is 11.7. The van der Waals surface area contributed by atoms with Gasteiger partial charge in [-0.1, -0.05) is 48.5 Å². The van der Waals surface area contributed by atoms with E-state index in [2.05, 4.69) is 17.0 Å². The molecule has 4 heteroatoms. The van der Waals surface area contributed by atoms with Crippen LogP contribution in [0.5, 0.6) is 0 Å². The van der Waals surface area contributed by atoms with Gasteiger partial charge in [0.2, 0.25) is 5.91 Å². The van der Waals surface area contributed by atoms with Gasteiger partial charge in [0.05, 0.1) is 13.0 Å². The maximum Gasteiger partial charge on any atom is 0.252 e. The van der Waals surface area contributed by atoms with Crippen molar-refractivity contribution in [2.45, 2.75) is 31.8 Å². The maximum absolute atomic E-state index is 12.9. The first kappa shape index (κ1) is 14.9. The number of carbonyl (C=O) groups excluding carboxylic acids is 2. The minimum atomic E-state index is -0.359. The lowest BCUT2D eigenvalue weighted by Crippen LogP contribution is -2.44.